The van der Waals surface area contributed by atoms with Gasteiger partial charge in [-0.2, -0.15) is 0 Å². The highest BCUT2D eigenvalue weighted by atomic mass is 32.2. The maximum absolute atomic E-state index is 13.5. The van der Waals surface area contributed by atoms with E-state index >= 15 is 0 Å². The summed E-state index contributed by atoms with van der Waals surface area (Å²) in [5, 5.41) is 9.79. The van der Waals surface area contributed by atoms with Gasteiger partial charge >= 0.3 is 0 Å². The second-order valence-corrected chi connectivity index (χ2v) is 7.34. The van der Waals surface area contributed by atoms with Crippen LogP contribution in [0.3, 0.4) is 0 Å². The van der Waals surface area contributed by atoms with E-state index in [1.54, 1.807) is 12.1 Å². The summed E-state index contributed by atoms with van der Waals surface area (Å²) in [6, 6.07) is 13.9. The summed E-state index contributed by atoms with van der Waals surface area (Å²) < 4.78 is 19.2. The van der Waals surface area contributed by atoms with Gasteiger partial charge in [0.1, 0.15) is 18.2 Å². The molecule has 0 radical (unpaired) electrons. The highest BCUT2D eigenvalue weighted by molar-refractivity contribution is 7.99. The number of rotatable bonds is 8. The largest absolute Gasteiger partial charge is 0.486 e. The van der Waals surface area contributed by atoms with Crippen LogP contribution >= 0.6 is 11.8 Å². The summed E-state index contributed by atoms with van der Waals surface area (Å²) in [5.41, 5.74) is 1.40. The van der Waals surface area contributed by atoms with Crippen LogP contribution in [-0.4, -0.2) is 26.8 Å². The maximum atomic E-state index is 13.5. The number of benzene rings is 2. The van der Waals surface area contributed by atoms with E-state index in [1.807, 2.05) is 24.3 Å². The Balaban J connectivity index is 1.46. The molecule has 0 unspecified atom stereocenters. The SMILES string of the molecule is CC(C)c1ccc(OCc2nc(SCC(=O)Nc3ccccc3F)n[nH]2)cc1. The van der Waals surface area contributed by atoms with Crippen molar-refractivity contribution in [2.24, 2.45) is 0 Å². The third-order valence-electron chi connectivity index (χ3n) is 3.91. The van der Waals surface area contributed by atoms with E-state index in [0.717, 1.165) is 17.5 Å². The predicted molar refractivity (Wildman–Crippen MR) is 107 cm³/mol. The Morgan fingerprint density at radius 3 is 2.68 bits per heavy atom. The van der Waals surface area contributed by atoms with Crippen LogP contribution in [0.15, 0.2) is 53.7 Å². The highest BCUT2D eigenvalue weighted by Gasteiger charge is 2.10. The lowest BCUT2D eigenvalue weighted by atomic mass is 10.0. The quantitative estimate of drug-likeness (QED) is 0.549. The first-order valence-electron chi connectivity index (χ1n) is 8.82. The molecule has 2 aromatic carbocycles. The maximum Gasteiger partial charge on any atom is 0.234 e. The van der Waals surface area contributed by atoms with Crippen LogP contribution in [0.5, 0.6) is 5.75 Å². The van der Waals surface area contributed by atoms with Crippen molar-refractivity contribution in [2.45, 2.75) is 31.5 Å². The molecule has 3 rings (SSSR count). The smallest absolute Gasteiger partial charge is 0.234 e. The number of hydrogen-bond donors (Lipinski definition) is 2. The van der Waals surface area contributed by atoms with Gasteiger partial charge in [-0.25, -0.2) is 9.37 Å². The summed E-state index contributed by atoms with van der Waals surface area (Å²) >= 11 is 1.16. The molecule has 0 aliphatic heterocycles. The number of aromatic amines is 1. The molecule has 0 aliphatic carbocycles. The van der Waals surface area contributed by atoms with Crippen LogP contribution in [-0.2, 0) is 11.4 Å². The molecule has 6 nitrogen and oxygen atoms in total. The molecule has 0 spiro atoms. The standard InChI is InChI=1S/C20H21FN4O2S/c1-13(2)14-7-9-15(10-8-14)27-11-18-23-20(25-24-18)28-12-19(26)22-17-6-4-3-5-16(17)21/h3-10,13H,11-12H2,1-2H3,(H,22,26)(H,23,24,25). The number of carbonyl (C=O) groups is 1. The number of halogens is 1. The number of hydrogen-bond acceptors (Lipinski definition) is 5. The summed E-state index contributed by atoms with van der Waals surface area (Å²) in [6.45, 7) is 4.52. The number of aromatic nitrogens is 3. The first-order chi connectivity index (χ1) is 13.5. The minimum Gasteiger partial charge on any atom is -0.486 e. The Kier molecular flexibility index (Phi) is 6.65. The molecule has 0 saturated carbocycles. The number of carbonyl (C=O) groups excluding carboxylic acids is 1. The van der Waals surface area contributed by atoms with E-state index < -0.39 is 5.82 Å². The van der Waals surface area contributed by atoms with Gasteiger partial charge < -0.3 is 10.1 Å². The molecular weight excluding hydrogens is 379 g/mol. The van der Waals surface area contributed by atoms with Gasteiger partial charge in [-0.3, -0.25) is 9.89 Å². The minimum atomic E-state index is -0.473. The average molecular weight is 400 g/mol. The second-order valence-electron chi connectivity index (χ2n) is 6.39. The zero-order valence-electron chi connectivity index (χ0n) is 15.6. The Morgan fingerprint density at radius 1 is 1.21 bits per heavy atom. The lowest BCUT2D eigenvalue weighted by Gasteiger charge is -2.07. The second kappa shape index (κ2) is 9.36. The highest BCUT2D eigenvalue weighted by Crippen LogP contribution is 2.20. The Labute approximate surface area is 166 Å². The van der Waals surface area contributed by atoms with E-state index in [-0.39, 0.29) is 24.0 Å². The Bertz CT molecular complexity index is 928. The number of amides is 1. The van der Waals surface area contributed by atoms with E-state index in [1.165, 1.54) is 17.7 Å². The topological polar surface area (TPSA) is 79.9 Å². The minimum absolute atomic E-state index is 0.0726. The molecule has 28 heavy (non-hydrogen) atoms. The van der Waals surface area contributed by atoms with Crippen molar-refractivity contribution in [1.29, 1.82) is 0 Å². The van der Waals surface area contributed by atoms with Gasteiger partial charge in [-0.05, 0) is 35.7 Å². The number of anilines is 1. The van der Waals surface area contributed by atoms with E-state index in [9.17, 15) is 9.18 Å². The van der Waals surface area contributed by atoms with Crippen molar-refractivity contribution in [3.63, 3.8) is 0 Å². The van der Waals surface area contributed by atoms with Crippen LogP contribution in [0.2, 0.25) is 0 Å². The molecule has 0 fully saturated rings. The molecule has 3 aromatic rings. The zero-order valence-corrected chi connectivity index (χ0v) is 16.4. The van der Waals surface area contributed by atoms with Gasteiger partial charge in [0.15, 0.2) is 5.82 Å². The molecule has 0 atom stereocenters. The number of para-hydroxylation sites is 1. The summed E-state index contributed by atoms with van der Waals surface area (Å²) in [5.74, 6) is 1.05. The Morgan fingerprint density at radius 2 is 1.96 bits per heavy atom. The molecule has 0 bridgehead atoms. The van der Waals surface area contributed by atoms with Gasteiger partial charge in [0.2, 0.25) is 11.1 Å². The number of H-pyrrole nitrogens is 1. The molecule has 2 N–H and O–H groups in total. The Hall–Kier alpha value is -2.87. The number of ether oxygens (including phenoxy) is 1. The van der Waals surface area contributed by atoms with Crippen LogP contribution in [0, 0.1) is 5.82 Å². The van der Waals surface area contributed by atoms with Gasteiger partial charge in [0.05, 0.1) is 11.4 Å². The van der Waals surface area contributed by atoms with Crippen LogP contribution in [0.1, 0.15) is 31.2 Å². The van der Waals surface area contributed by atoms with E-state index in [0.29, 0.717) is 16.9 Å². The zero-order chi connectivity index (χ0) is 19.9. The summed E-state index contributed by atoms with van der Waals surface area (Å²) in [7, 11) is 0. The molecule has 8 heteroatoms. The molecule has 1 heterocycles. The van der Waals surface area contributed by atoms with Crippen molar-refractivity contribution in [2.75, 3.05) is 11.1 Å². The third-order valence-corrected chi connectivity index (χ3v) is 4.76. The van der Waals surface area contributed by atoms with Crippen molar-refractivity contribution in [3.05, 3.63) is 65.7 Å². The van der Waals surface area contributed by atoms with Crippen molar-refractivity contribution in [3.8, 4) is 5.75 Å². The average Bonchev–Trinajstić information content (AvgIpc) is 3.15. The van der Waals surface area contributed by atoms with Gasteiger partial charge in [0, 0.05) is 0 Å². The third kappa shape index (κ3) is 5.56. The first kappa shape index (κ1) is 19.9. The van der Waals surface area contributed by atoms with Crippen LogP contribution < -0.4 is 10.1 Å². The number of thioether (sulfide) groups is 1. The fourth-order valence-corrected chi connectivity index (χ4v) is 3.00. The summed E-state index contributed by atoms with van der Waals surface area (Å²) in [6.07, 6.45) is 0. The molecule has 1 aromatic heterocycles. The molecule has 0 aliphatic rings. The van der Waals surface area contributed by atoms with Gasteiger partial charge in [-0.15, -0.1) is 5.10 Å². The normalized spacial score (nSPS) is 10.9. The summed E-state index contributed by atoms with van der Waals surface area (Å²) in [4.78, 5) is 16.2. The fourth-order valence-electron chi connectivity index (χ4n) is 2.39. The van der Waals surface area contributed by atoms with Crippen molar-refractivity contribution in [1.82, 2.24) is 15.2 Å². The lowest BCUT2D eigenvalue weighted by Crippen LogP contribution is -2.15. The number of nitrogens with zero attached hydrogens (tertiary/aromatic N) is 2. The van der Waals surface area contributed by atoms with Crippen LogP contribution in [0.25, 0.3) is 0 Å². The van der Waals surface area contributed by atoms with E-state index in [4.69, 9.17) is 4.74 Å². The van der Waals surface area contributed by atoms with Gasteiger partial charge in [0.25, 0.3) is 0 Å². The van der Waals surface area contributed by atoms with Gasteiger partial charge in [-0.1, -0.05) is 49.9 Å². The number of nitrogens with one attached hydrogen (secondary N) is 2. The fraction of sp³-hybridized carbons (Fsp3) is 0.250. The monoisotopic (exact) mass is 400 g/mol. The van der Waals surface area contributed by atoms with Crippen molar-refractivity contribution >= 4 is 23.4 Å². The first-order valence-corrected chi connectivity index (χ1v) is 9.81. The molecule has 0 saturated heterocycles. The lowest BCUT2D eigenvalue weighted by molar-refractivity contribution is -0.113. The van der Waals surface area contributed by atoms with E-state index in [2.05, 4.69) is 34.3 Å². The molecule has 1 amide bonds. The van der Waals surface area contributed by atoms with Crippen LogP contribution in [0.4, 0.5) is 10.1 Å². The molecular formula is C20H21FN4O2S. The predicted octanol–water partition coefficient (Wildman–Crippen LogP) is 4.38. The molecule has 146 valence electrons. The van der Waals surface area contributed by atoms with Crippen molar-refractivity contribution < 1.29 is 13.9 Å².